The van der Waals surface area contributed by atoms with E-state index >= 15 is 0 Å². The molecule has 0 radical (unpaired) electrons. The second-order valence-corrected chi connectivity index (χ2v) is 7.50. The van der Waals surface area contributed by atoms with Crippen molar-refractivity contribution in [3.8, 4) is 17.2 Å². The van der Waals surface area contributed by atoms with E-state index < -0.39 is 0 Å². The van der Waals surface area contributed by atoms with Gasteiger partial charge in [0.2, 0.25) is 5.75 Å². The van der Waals surface area contributed by atoms with E-state index in [0.29, 0.717) is 23.8 Å². The Labute approximate surface area is 179 Å². The van der Waals surface area contributed by atoms with Crippen LogP contribution in [0.4, 0.5) is 0 Å². The van der Waals surface area contributed by atoms with Gasteiger partial charge in [-0.1, -0.05) is 42.5 Å². The van der Waals surface area contributed by atoms with Crippen molar-refractivity contribution in [3.05, 3.63) is 88.8 Å². The molecule has 0 spiro atoms. The molecule has 1 aromatic heterocycles. The van der Waals surface area contributed by atoms with Crippen molar-refractivity contribution < 1.29 is 9.47 Å². The van der Waals surface area contributed by atoms with Crippen LogP contribution in [0.25, 0.3) is 10.8 Å². The van der Waals surface area contributed by atoms with Crippen LogP contribution in [0.15, 0.2) is 82.6 Å². The van der Waals surface area contributed by atoms with Crippen molar-refractivity contribution in [3.63, 3.8) is 0 Å². The van der Waals surface area contributed by atoms with Crippen molar-refractivity contribution in [1.29, 1.82) is 0 Å². The molecule has 0 aliphatic carbocycles. The minimum Gasteiger partial charge on any atom is -0.494 e. The summed E-state index contributed by atoms with van der Waals surface area (Å²) in [6.45, 7) is 2.90. The highest BCUT2D eigenvalue weighted by Crippen LogP contribution is 2.29. The van der Waals surface area contributed by atoms with Crippen LogP contribution in [0.5, 0.6) is 17.2 Å². The maximum atomic E-state index is 13.2. The third-order valence-electron chi connectivity index (χ3n) is 4.74. The Bertz CT molecular complexity index is 1210. The number of benzene rings is 3. The molecule has 4 rings (SSSR count). The van der Waals surface area contributed by atoms with Gasteiger partial charge < -0.3 is 9.47 Å². The van der Waals surface area contributed by atoms with Crippen molar-refractivity contribution >= 4 is 22.5 Å². The number of rotatable bonds is 7. The lowest BCUT2D eigenvalue weighted by Crippen LogP contribution is -2.24. The second-order valence-electron chi connectivity index (χ2n) is 6.65. The highest BCUT2D eigenvalue weighted by Gasteiger charge is 2.15. The van der Waals surface area contributed by atoms with Crippen LogP contribution in [0.1, 0.15) is 12.5 Å². The van der Waals surface area contributed by atoms with Crippen molar-refractivity contribution in [2.75, 3.05) is 12.9 Å². The van der Waals surface area contributed by atoms with Gasteiger partial charge in [-0.05, 0) is 53.8 Å². The van der Waals surface area contributed by atoms with E-state index in [2.05, 4.69) is 23.3 Å². The zero-order valence-electron chi connectivity index (χ0n) is 16.9. The first-order valence-electron chi connectivity index (χ1n) is 9.71. The van der Waals surface area contributed by atoms with Crippen LogP contribution in [0.3, 0.4) is 0 Å². The molecule has 0 fully saturated rings. The molecular formula is C24H22N2O3S. The highest BCUT2D eigenvalue weighted by molar-refractivity contribution is 7.98. The fourth-order valence-corrected chi connectivity index (χ4v) is 3.75. The zero-order valence-corrected chi connectivity index (χ0v) is 17.7. The minimum atomic E-state index is -0.260. The molecule has 0 bridgehead atoms. The van der Waals surface area contributed by atoms with E-state index in [-0.39, 0.29) is 11.3 Å². The summed E-state index contributed by atoms with van der Waals surface area (Å²) in [4.78, 5) is 13.9. The molecule has 0 atom stereocenters. The molecule has 3 aromatic carbocycles. The zero-order chi connectivity index (χ0) is 20.9. The fraction of sp³-hybridized carbons (Fsp3) is 0.167. The van der Waals surface area contributed by atoms with Gasteiger partial charge in [0.05, 0.1) is 24.2 Å². The van der Waals surface area contributed by atoms with Gasteiger partial charge in [0.1, 0.15) is 11.5 Å². The molecule has 0 N–H and O–H groups in total. The summed E-state index contributed by atoms with van der Waals surface area (Å²) in [6.07, 6.45) is 3.58. The first-order valence-corrected chi connectivity index (χ1v) is 10.9. The first-order chi connectivity index (χ1) is 14.7. The van der Waals surface area contributed by atoms with Crippen molar-refractivity contribution in [2.45, 2.75) is 18.4 Å². The minimum absolute atomic E-state index is 0.260. The Kier molecular flexibility index (Phi) is 6.05. The summed E-state index contributed by atoms with van der Waals surface area (Å²) in [5, 5.41) is 6.62. The van der Waals surface area contributed by atoms with Gasteiger partial charge in [0.15, 0.2) is 0 Å². The highest BCUT2D eigenvalue weighted by atomic mass is 32.2. The van der Waals surface area contributed by atoms with Crippen LogP contribution in [-0.2, 0) is 6.54 Å². The monoisotopic (exact) mass is 418 g/mol. The van der Waals surface area contributed by atoms with Gasteiger partial charge in [0, 0.05) is 0 Å². The van der Waals surface area contributed by atoms with Gasteiger partial charge in [-0.15, -0.1) is 11.8 Å². The molecule has 6 heteroatoms. The maximum Gasteiger partial charge on any atom is 0.311 e. The van der Waals surface area contributed by atoms with E-state index in [1.807, 2.05) is 49.6 Å². The predicted molar refractivity (Wildman–Crippen MR) is 121 cm³/mol. The number of hydrogen-bond donors (Lipinski definition) is 0. The van der Waals surface area contributed by atoms with Crippen LogP contribution in [0.2, 0.25) is 0 Å². The van der Waals surface area contributed by atoms with Gasteiger partial charge in [-0.3, -0.25) is 4.79 Å². The number of thioether (sulfide) groups is 1. The smallest absolute Gasteiger partial charge is 0.311 e. The van der Waals surface area contributed by atoms with E-state index in [1.54, 1.807) is 18.3 Å². The molecule has 0 aliphatic rings. The summed E-state index contributed by atoms with van der Waals surface area (Å²) < 4.78 is 12.9. The number of nitrogens with zero attached hydrogens (tertiary/aromatic N) is 2. The topological polar surface area (TPSA) is 53.4 Å². The molecule has 152 valence electrons. The molecule has 5 nitrogen and oxygen atoms in total. The average Bonchev–Trinajstić information content (AvgIpc) is 2.78. The van der Waals surface area contributed by atoms with E-state index in [4.69, 9.17) is 9.47 Å². The molecule has 0 amide bonds. The third kappa shape index (κ3) is 4.19. The molecular weight excluding hydrogens is 396 g/mol. The average molecular weight is 419 g/mol. The fourth-order valence-electron chi connectivity index (χ4n) is 3.29. The normalized spacial score (nSPS) is 10.9. The Morgan fingerprint density at radius 1 is 0.967 bits per heavy atom. The van der Waals surface area contributed by atoms with Crippen molar-refractivity contribution in [2.24, 2.45) is 0 Å². The Balaban J connectivity index is 1.68. The Morgan fingerprint density at radius 3 is 2.47 bits per heavy atom. The standard InChI is InChI=1S/C24H22N2O3S/c1-3-28-19-11-13-20(14-12-19)29-23-22(30-2)15-25-26(24(23)27)16-18-9-6-8-17-7-4-5-10-21(17)18/h4-15H,3,16H2,1-2H3. The molecule has 0 saturated heterocycles. The largest absolute Gasteiger partial charge is 0.494 e. The van der Waals surface area contributed by atoms with Crippen LogP contribution in [-0.4, -0.2) is 22.6 Å². The SMILES string of the molecule is CCOc1ccc(Oc2c(SC)cnn(Cc3cccc4ccccc34)c2=O)cc1. The number of ether oxygens (including phenoxy) is 2. The van der Waals surface area contributed by atoms with E-state index in [9.17, 15) is 4.79 Å². The second kappa shape index (κ2) is 9.05. The molecule has 1 heterocycles. The summed E-state index contributed by atoms with van der Waals surface area (Å²) >= 11 is 1.43. The molecule has 0 saturated carbocycles. The summed E-state index contributed by atoms with van der Waals surface area (Å²) in [5.41, 5.74) is 0.773. The van der Waals surface area contributed by atoms with Crippen LogP contribution >= 0.6 is 11.8 Å². The van der Waals surface area contributed by atoms with Gasteiger partial charge in [0.25, 0.3) is 0 Å². The Morgan fingerprint density at radius 2 is 1.70 bits per heavy atom. The van der Waals surface area contributed by atoms with Gasteiger partial charge in [-0.2, -0.15) is 5.10 Å². The van der Waals surface area contributed by atoms with E-state index in [0.717, 1.165) is 22.1 Å². The van der Waals surface area contributed by atoms with Gasteiger partial charge >= 0.3 is 5.56 Å². The summed E-state index contributed by atoms with van der Waals surface area (Å²) in [7, 11) is 0. The lowest BCUT2D eigenvalue weighted by Gasteiger charge is -2.13. The van der Waals surface area contributed by atoms with E-state index in [1.165, 1.54) is 16.4 Å². The Hall–Kier alpha value is -3.25. The third-order valence-corrected chi connectivity index (χ3v) is 5.47. The quantitative estimate of drug-likeness (QED) is 0.378. The van der Waals surface area contributed by atoms with Crippen LogP contribution < -0.4 is 15.0 Å². The maximum absolute atomic E-state index is 13.2. The lowest BCUT2D eigenvalue weighted by atomic mass is 10.0. The summed E-state index contributed by atoms with van der Waals surface area (Å²) in [6, 6.07) is 21.4. The lowest BCUT2D eigenvalue weighted by molar-refractivity contribution is 0.339. The molecule has 0 aliphatic heterocycles. The molecule has 0 unspecified atom stereocenters. The van der Waals surface area contributed by atoms with Crippen LogP contribution in [0, 0.1) is 0 Å². The molecule has 30 heavy (non-hydrogen) atoms. The predicted octanol–water partition coefficient (Wildman–Crippen LogP) is 5.36. The number of fused-ring (bicyclic) bond motifs is 1. The van der Waals surface area contributed by atoms with Gasteiger partial charge in [-0.25, -0.2) is 4.68 Å². The number of hydrogen-bond acceptors (Lipinski definition) is 5. The van der Waals surface area contributed by atoms with Crippen molar-refractivity contribution in [1.82, 2.24) is 9.78 Å². The summed E-state index contributed by atoms with van der Waals surface area (Å²) in [5.74, 6) is 1.62. The number of aromatic nitrogens is 2. The first kappa shape index (κ1) is 20.0. The molecule has 4 aromatic rings.